The van der Waals surface area contributed by atoms with Crippen LogP contribution in [0.25, 0.3) is 6.08 Å². The van der Waals surface area contributed by atoms with E-state index < -0.39 is 0 Å². The predicted molar refractivity (Wildman–Crippen MR) is 104 cm³/mol. The van der Waals surface area contributed by atoms with Gasteiger partial charge in [-0.1, -0.05) is 31.4 Å². The number of rotatable bonds is 9. The lowest BCUT2D eigenvalue weighted by atomic mass is 10.2. The van der Waals surface area contributed by atoms with Crippen molar-refractivity contribution < 1.29 is 9.53 Å². The van der Waals surface area contributed by atoms with Crippen molar-refractivity contribution in [2.45, 2.75) is 44.9 Å². The zero-order chi connectivity index (χ0) is 17.7. The van der Waals surface area contributed by atoms with Crippen LogP contribution in [0.1, 0.15) is 50.5 Å². The normalized spacial score (nSPS) is 15.9. The summed E-state index contributed by atoms with van der Waals surface area (Å²) >= 11 is 0. The SMILES string of the molecule is COc1ccc(/C=C/C(=O)NCCCCCN2CCCCCC2)cc1. The van der Waals surface area contributed by atoms with Crippen LogP contribution in [0.3, 0.4) is 0 Å². The summed E-state index contributed by atoms with van der Waals surface area (Å²) in [5, 5.41) is 2.96. The molecule has 4 heteroatoms. The van der Waals surface area contributed by atoms with Crippen molar-refractivity contribution in [1.82, 2.24) is 10.2 Å². The molecule has 1 N–H and O–H groups in total. The second kappa shape index (κ2) is 11.7. The Hall–Kier alpha value is -1.81. The quantitative estimate of drug-likeness (QED) is 0.546. The van der Waals surface area contributed by atoms with E-state index in [1.165, 1.54) is 58.2 Å². The minimum absolute atomic E-state index is 0.0247. The average molecular weight is 344 g/mol. The van der Waals surface area contributed by atoms with Crippen molar-refractivity contribution in [2.75, 3.05) is 33.3 Å². The molecule has 1 aromatic carbocycles. The Kier molecular flexibility index (Phi) is 9.13. The number of ether oxygens (including phenoxy) is 1. The Morgan fingerprint density at radius 3 is 2.48 bits per heavy atom. The van der Waals surface area contributed by atoms with Crippen LogP contribution in [0.4, 0.5) is 0 Å². The molecule has 1 amide bonds. The van der Waals surface area contributed by atoms with Gasteiger partial charge in [0.1, 0.15) is 5.75 Å². The van der Waals surface area contributed by atoms with E-state index in [9.17, 15) is 4.79 Å². The minimum Gasteiger partial charge on any atom is -0.497 e. The fraction of sp³-hybridized carbons (Fsp3) is 0.571. The van der Waals surface area contributed by atoms with Gasteiger partial charge in [0.15, 0.2) is 0 Å². The largest absolute Gasteiger partial charge is 0.497 e. The van der Waals surface area contributed by atoms with E-state index >= 15 is 0 Å². The summed E-state index contributed by atoms with van der Waals surface area (Å²) in [6, 6.07) is 7.65. The molecule has 1 saturated heterocycles. The van der Waals surface area contributed by atoms with Gasteiger partial charge in [-0.2, -0.15) is 0 Å². The lowest BCUT2D eigenvalue weighted by Gasteiger charge is -2.19. The zero-order valence-corrected chi connectivity index (χ0v) is 15.5. The van der Waals surface area contributed by atoms with Crippen molar-refractivity contribution >= 4 is 12.0 Å². The summed E-state index contributed by atoms with van der Waals surface area (Å²) in [5.74, 6) is 0.796. The zero-order valence-electron chi connectivity index (χ0n) is 15.5. The fourth-order valence-corrected chi connectivity index (χ4v) is 3.15. The topological polar surface area (TPSA) is 41.6 Å². The van der Waals surface area contributed by atoms with Crippen LogP contribution in [0.15, 0.2) is 30.3 Å². The number of benzene rings is 1. The maximum absolute atomic E-state index is 11.8. The van der Waals surface area contributed by atoms with Crippen molar-refractivity contribution in [3.8, 4) is 5.75 Å². The van der Waals surface area contributed by atoms with Gasteiger partial charge in [-0.25, -0.2) is 0 Å². The number of hydrogen-bond acceptors (Lipinski definition) is 3. The molecule has 25 heavy (non-hydrogen) atoms. The van der Waals surface area contributed by atoms with Crippen LogP contribution >= 0.6 is 0 Å². The van der Waals surface area contributed by atoms with Gasteiger partial charge in [-0.05, 0) is 69.1 Å². The van der Waals surface area contributed by atoms with E-state index in [1.807, 2.05) is 30.3 Å². The number of unbranched alkanes of at least 4 members (excludes halogenated alkanes) is 2. The highest BCUT2D eigenvalue weighted by molar-refractivity contribution is 5.91. The smallest absolute Gasteiger partial charge is 0.243 e. The third kappa shape index (κ3) is 8.21. The van der Waals surface area contributed by atoms with Gasteiger partial charge in [0, 0.05) is 12.6 Å². The molecule has 0 unspecified atom stereocenters. The monoisotopic (exact) mass is 344 g/mol. The van der Waals surface area contributed by atoms with Crippen molar-refractivity contribution in [2.24, 2.45) is 0 Å². The number of nitrogens with one attached hydrogen (secondary N) is 1. The number of carbonyl (C=O) groups excluding carboxylic acids is 1. The van der Waals surface area contributed by atoms with Crippen LogP contribution in [-0.4, -0.2) is 44.1 Å². The van der Waals surface area contributed by atoms with Crippen molar-refractivity contribution in [3.05, 3.63) is 35.9 Å². The standard InChI is InChI=1S/C21H32N2O2/c1-25-20-12-9-19(10-13-20)11-14-21(24)22-15-5-4-8-18-23-16-6-2-3-7-17-23/h9-14H,2-8,15-18H2,1H3,(H,22,24)/b14-11+. The van der Waals surface area contributed by atoms with E-state index in [2.05, 4.69) is 10.2 Å². The van der Waals surface area contributed by atoms with Gasteiger partial charge in [0.05, 0.1) is 7.11 Å². The summed E-state index contributed by atoms with van der Waals surface area (Å²) in [4.78, 5) is 14.4. The molecule has 2 rings (SSSR count). The molecule has 0 aromatic heterocycles. The molecule has 0 aliphatic carbocycles. The van der Waals surface area contributed by atoms with E-state index in [0.717, 1.165) is 24.3 Å². The first-order chi connectivity index (χ1) is 12.3. The molecule has 1 fully saturated rings. The molecule has 4 nitrogen and oxygen atoms in total. The molecule has 0 radical (unpaired) electrons. The Morgan fingerprint density at radius 1 is 1.08 bits per heavy atom. The van der Waals surface area contributed by atoms with Gasteiger partial charge in [0.25, 0.3) is 0 Å². The summed E-state index contributed by atoms with van der Waals surface area (Å²) in [6.45, 7) is 4.51. The van der Waals surface area contributed by atoms with Crippen LogP contribution in [0, 0.1) is 0 Å². The number of hydrogen-bond donors (Lipinski definition) is 1. The number of amides is 1. The molecule has 1 aliphatic rings. The van der Waals surface area contributed by atoms with Crippen LogP contribution in [0.5, 0.6) is 5.75 Å². The van der Waals surface area contributed by atoms with Crippen molar-refractivity contribution in [1.29, 1.82) is 0 Å². The molecule has 1 aliphatic heterocycles. The molecular formula is C21H32N2O2. The first kappa shape index (κ1) is 19.5. The fourth-order valence-electron chi connectivity index (χ4n) is 3.15. The third-order valence-corrected chi connectivity index (χ3v) is 4.69. The minimum atomic E-state index is -0.0247. The average Bonchev–Trinajstić information content (AvgIpc) is 2.92. The first-order valence-corrected chi connectivity index (χ1v) is 9.60. The second-order valence-electron chi connectivity index (χ2n) is 6.71. The van der Waals surface area contributed by atoms with Gasteiger partial charge >= 0.3 is 0 Å². The number of methoxy groups -OCH3 is 1. The first-order valence-electron chi connectivity index (χ1n) is 9.60. The molecule has 0 spiro atoms. The highest BCUT2D eigenvalue weighted by atomic mass is 16.5. The summed E-state index contributed by atoms with van der Waals surface area (Å²) in [6.07, 6.45) is 12.4. The molecule has 0 atom stereocenters. The summed E-state index contributed by atoms with van der Waals surface area (Å²) < 4.78 is 5.12. The highest BCUT2D eigenvalue weighted by Crippen LogP contribution is 2.12. The van der Waals surface area contributed by atoms with Gasteiger partial charge in [0.2, 0.25) is 5.91 Å². The van der Waals surface area contributed by atoms with Gasteiger partial charge < -0.3 is 15.0 Å². The number of likely N-dealkylation sites (tertiary alicyclic amines) is 1. The maximum Gasteiger partial charge on any atom is 0.243 e. The van der Waals surface area contributed by atoms with Gasteiger partial charge in [-0.3, -0.25) is 4.79 Å². The molecular weight excluding hydrogens is 312 g/mol. The van der Waals surface area contributed by atoms with E-state index in [1.54, 1.807) is 13.2 Å². The van der Waals surface area contributed by atoms with E-state index in [4.69, 9.17) is 4.74 Å². The Morgan fingerprint density at radius 2 is 1.80 bits per heavy atom. The molecule has 138 valence electrons. The number of nitrogens with zero attached hydrogens (tertiary/aromatic N) is 1. The third-order valence-electron chi connectivity index (χ3n) is 4.69. The second-order valence-corrected chi connectivity index (χ2v) is 6.71. The van der Waals surface area contributed by atoms with Crippen molar-refractivity contribution in [3.63, 3.8) is 0 Å². The molecule has 1 aromatic rings. The molecule has 1 heterocycles. The maximum atomic E-state index is 11.8. The van der Waals surface area contributed by atoms with Crippen LogP contribution in [0.2, 0.25) is 0 Å². The molecule has 0 saturated carbocycles. The van der Waals surface area contributed by atoms with Crippen LogP contribution < -0.4 is 10.1 Å². The van der Waals surface area contributed by atoms with E-state index in [-0.39, 0.29) is 5.91 Å². The highest BCUT2D eigenvalue weighted by Gasteiger charge is 2.07. The Labute approximate surface area is 152 Å². The summed E-state index contributed by atoms with van der Waals surface area (Å²) in [7, 11) is 1.65. The Balaban J connectivity index is 1.53. The van der Waals surface area contributed by atoms with Crippen LogP contribution in [-0.2, 0) is 4.79 Å². The lowest BCUT2D eigenvalue weighted by Crippen LogP contribution is -2.26. The van der Waals surface area contributed by atoms with Gasteiger partial charge in [-0.15, -0.1) is 0 Å². The lowest BCUT2D eigenvalue weighted by molar-refractivity contribution is -0.116. The number of carbonyl (C=O) groups is 1. The molecule has 0 bridgehead atoms. The summed E-state index contributed by atoms with van der Waals surface area (Å²) in [5.41, 5.74) is 0.994. The Bertz CT molecular complexity index is 517. The van der Waals surface area contributed by atoms with E-state index in [0.29, 0.717) is 0 Å². The predicted octanol–water partition coefficient (Wildman–Crippen LogP) is 3.87.